The van der Waals surface area contributed by atoms with Gasteiger partial charge in [-0.15, -0.1) is 0 Å². The van der Waals surface area contributed by atoms with Crippen molar-refractivity contribution in [3.8, 4) is 0 Å². The number of carbonyl (C=O) groups is 1. The van der Waals surface area contributed by atoms with Crippen LogP contribution in [-0.4, -0.2) is 30.3 Å². The van der Waals surface area contributed by atoms with Gasteiger partial charge in [-0.05, 0) is 50.7 Å². The summed E-state index contributed by atoms with van der Waals surface area (Å²) < 4.78 is 5.31. The Bertz CT molecular complexity index is 509. The van der Waals surface area contributed by atoms with Crippen LogP contribution in [0.5, 0.6) is 0 Å². The fourth-order valence-electron chi connectivity index (χ4n) is 2.97. The second-order valence-corrected chi connectivity index (χ2v) is 7.77. The molecule has 0 spiro atoms. The molecule has 0 aromatic heterocycles. The third-order valence-corrected chi connectivity index (χ3v) is 4.17. The van der Waals surface area contributed by atoms with Crippen molar-refractivity contribution < 1.29 is 9.53 Å². The summed E-state index contributed by atoms with van der Waals surface area (Å²) in [5, 5.41) is 6.60. The van der Waals surface area contributed by atoms with E-state index in [1.165, 1.54) is 11.1 Å². The zero-order chi connectivity index (χ0) is 17.0. The Hall–Kier alpha value is -1.55. The third kappa shape index (κ3) is 5.54. The quantitative estimate of drug-likeness (QED) is 0.876. The van der Waals surface area contributed by atoms with Crippen LogP contribution in [0.4, 0.5) is 4.79 Å². The van der Waals surface area contributed by atoms with E-state index in [1.54, 1.807) is 0 Å². The molecule has 1 aliphatic rings. The Labute approximate surface area is 140 Å². The second kappa shape index (κ2) is 7.35. The first-order valence-corrected chi connectivity index (χ1v) is 8.54. The molecule has 1 aromatic rings. The van der Waals surface area contributed by atoms with E-state index in [1.807, 2.05) is 20.8 Å². The topological polar surface area (TPSA) is 50.4 Å². The molecule has 0 aliphatic heterocycles. The smallest absolute Gasteiger partial charge is 0.407 e. The van der Waals surface area contributed by atoms with Gasteiger partial charge in [-0.25, -0.2) is 4.79 Å². The molecule has 1 aromatic carbocycles. The molecule has 2 N–H and O–H groups in total. The molecule has 0 bridgehead atoms. The lowest BCUT2D eigenvalue weighted by Gasteiger charge is -2.27. The van der Waals surface area contributed by atoms with E-state index in [0.29, 0.717) is 18.5 Å². The number of ether oxygens (including phenoxy) is 1. The van der Waals surface area contributed by atoms with Crippen molar-refractivity contribution in [2.75, 3.05) is 6.54 Å². The largest absolute Gasteiger partial charge is 0.444 e. The van der Waals surface area contributed by atoms with E-state index in [2.05, 4.69) is 48.7 Å². The maximum Gasteiger partial charge on any atom is 0.407 e. The molecule has 4 nitrogen and oxygen atoms in total. The zero-order valence-corrected chi connectivity index (χ0v) is 15.0. The summed E-state index contributed by atoms with van der Waals surface area (Å²) in [6, 6.07) is 9.30. The molecule has 4 heteroatoms. The number of amides is 1. The minimum Gasteiger partial charge on any atom is -0.444 e. The predicted molar refractivity (Wildman–Crippen MR) is 93.6 cm³/mol. The Morgan fingerprint density at radius 1 is 1.22 bits per heavy atom. The van der Waals surface area contributed by atoms with Gasteiger partial charge in [-0.2, -0.15) is 0 Å². The SMILES string of the molecule is CC(C)C(CNC(=O)OC(C)(C)C)NC1Cc2ccccc2C1. The van der Waals surface area contributed by atoms with Gasteiger partial charge in [0.15, 0.2) is 0 Å². The van der Waals surface area contributed by atoms with Crippen molar-refractivity contribution in [3.05, 3.63) is 35.4 Å². The van der Waals surface area contributed by atoms with Crippen molar-refractivity contribution in [2.45, 2.75) is 65.1 Å². The molecule has 23 heavy (non-hydrogen) atoms. The minimum atomic E-state index is -0.460. The maximum atomic E-state index is 11.8. The van der Waals surface area contributed by atoms with Crippen molar-refractivity contribution in [2.24, 2.45) is 5.92 Å². The van der Waals surface area contributed by atoms with Gasteiger partial charge < -0.3 is 15.4 Å². The van der Waals surface area contributed by atoms with Gasteiger partial charge in [0.25, 0.3) is 0 Å². The third-order valence-electron chi connectivity index (χ3n) is 4.17. The van der Waals surface area contributed by atoms with Crippen molar-refractivity contribution in [1.82, 2.24) is 10.6 Å². The minimum absolute atomic E-state index is 0.238. The summed E-state index contributed by atoms with van der Waals surface area (Å²) in [5.41, 5.74) is 2.41. The molecular formula is C19H30N2O2. The molecule has 128 valence electrons. The Balaban J connectivity index is 1.85. The van der Waals surface area contributed by atoms with Crippen molar-refractivity contribution >= 4 is 6.09 Å². The summed E-state index contributed by atoms with van der Waals surface area (Å²) in [5.74, 6) is 0.439. The fraction of sp³-hybridized carbons (Fsp3) is 0.632. The van der Waals surface area contributed by atoms with Crippen LogP contribution in [0.1, 0.15) is 45.7 Å². The highest BCUT2D eigenvalue weighted by molar-refractivity contribution is 5.67. The van der Waals surface area contributed by atoms with E-state index < -0.39 is 5.60 Å². The van der Waals surface area contributed by atoms with Gasteiger partial charge in [0.1, 0.15) is 5.60 Å². The normalized spacial score (nSPS) is 16.3. The molecule has 1 aliphatic carbocycles. The lowest BCUT2D eigenvalue weighted by atomic mass is 10.0. The first kappa shape index (κ1) is 17.8. The van der Waals surface area contributed by atoms with Crippen LogP contribution in [0.3, 0.4) is 0 Å². The van der Waals surface area contributed by atoms with E-state index in [9.17, 15) is 4.79 Å². The number of hydrogen-bond donors (Lipinski definition) is 2. The van der Waals surface area contributed by atoms with Gasteiger partial charge in [0.05, 0.1) is 0 Å². The monoisotopic (exact) mass is 318 g/mol. The summed E-state index contributed by atoms with van der Waals surface area (Å²) in [6.45, 7) is 10.6. The van der Waals surface area contributed by atoms with Crippen LogP contribution in [0, 0.1) is 5.92 Å². The number of hydrogen-bond acceptors (Lipinski definition) is 3. The maximum absolute atomic E-state index is 11.8. The Morgan fingerprint density at radius 2 is 1.78 bits per heavy atom. The molecule has 0 heterocycles. The Kier molecular flexibility index (Phi) is 5.69. The van der Waals surface area contributed by atoms with Gasteiger partial charge in [-0.3, -0.25) is 0 Å². The van der Waals surface area contributed by atoms with E-state index in [0.717, 1.165) is 12.8 Å². The molecule has 1 amide bonds. The summed E-state index contributed by atoms with van der Waals surface area (Å²) in [7, 11) is 0. The number of fused-ring (bicyclic) bond motifs is 1. The molecule has 0 saturated carbocycles. The number of rotatable bonds is 5. The van der Waals surface area contributed by atoms with E-state index >= 15 is 0 Å². The van der Waals surface area contributed by atoms with Crippen LogP contribution in [0.25, 0.3) is 0 Å². The molecule has 0 saturated heterocycles. The standard InChI is InChI=1S/C19H30N2O2/c1-13(2)17(12-20-18(22)23-19(3,4)5)21-16-10-14-8-6-7-9-15(14)11-16/h6-9,13,16-17,21H,10-12H2,1-5H3,(H,20,22). The highest BCUT2D eigenvalue weighted by Gasteiger charge is 2.25. The van der Waals surface area contributed by atoms with E-state index in [4.69, 9.17) is 4.74 Å². The van der Waals surface area contributed by atoms with Crippen molar-refractivity contribution in [3.63, 3.8) is 0 Å². The first-order valence-electron chi connectivity index (χ1n) is 8.54. The summed E-state index contributed by atoms with van der Waals surface area (Å²) >= 11 is 0. The highest BCUT2D eigenvalue weighted by atomic mass is 16.6. The summed E-state index contributed by atoms with van der Waals surface area (Å²) in [6.07, 6.45) is 1.78. The van der Waals surface area contributed by atoms with Crippen LogP contribution in [0.2, 0.25) is 0 Å². The van der Waals surface area contributed by atoms with Gasteiger partial charge in [-0.1, -0.05) is 38.1 Å². The number of nitrogens with one attached hydrogen (secondary N) is 2. The van der Waals surface area contributed by atoms with E-state index in [-0.39, 0.29) is 12.1 Å². The average Bonchev–Trinajstić information content (AvgIpc) is 2.83. The highest BCUT2D eigenvalue weighted by Crippen LogP contribution is 2.22. The van der Waals surface area contributed by atoms with Gasteiger partial charge >= 0.3 is 6.09 Å². The molecule has 2 rings (SSSR count). The van der Waals surface area contributed by atoms with Gasteiger partial charge in [0.2, 0.25) is 0 Å². The lowest BCUT2D eigenvalue weighted by molar-refractivity contribution is 0.0518. The summed E-state index contributed by atoms with van der Waals surface area (Å²) in [4.78, 5) is 11.8. The Morgan fingerprint density at radius 3 is 2.26 bits per heavy atom. The number of benzene rings is 1. The second-order valence-electron chi connectivity index (χ2n) is 7.77. The zero-order valence-electron chi connectivity index (χ0n) is 15.0. The molecule has 1 unspecified atom stereocenters. The average molecular weight is 318 g/mol. The van der Waals surface area contributed by atoms with Crippen LogP contribution in [-0.2, 0) is 17.6 Å². The first-order chi connectivity index (χ1) is 10.7. The predicted octanol–water partition coefficient (Wildman–Crippen LogP) is 3.29. The number of carbonyl (C=O) groups excluding carboxylic acids is 1. The molecule has 0 radical (unpaired) electrons. The van der Waals surface area contributed by atoms with Crippen LogP contribution in [0.15, 0.2) is 24.3 Å². The molecule has 1 atom stereocenters. The fourth-order valence-corrected chi connectivity index (χ4v) is 2.97. The molecular weight excluding hydrogens is 288 g/mol. The molecule has 0 fully saturated rings. The van der Waals surface area contributed by atoms with Crippen LogP contribution >= 0.6 is 0 Å². The lowest BCUT2D eigenvalue weighted by Crippen LogP contribution is -2.49. The number of alkyl carbamates (subject to hydrolysis) is 1. The van der Waals surface area contributed by atoms with Crippen molar-refractivity contribution in [1.29, 1.82) is 0 Å². The van der Waals surface area contributed by atoms with Gasteiger partial charge in [0, 0.05) is 18.6 Å². The van der Waals surface area contributed by atoms with Crippen LogP contribution < -0.4 is 10.6 Å².